The Morgan fingerprint density at radius 2 is 1.71 bits per heavy atom. The highest BCUT2D eigenvalue weighted by molar-refractivity contribution is 5.91. The topological polar surface area (TPSA) is 93.2 Å². The molecular weight excluding hydrogens is 363 g/mol. The van der Waals surface area contributed by atoms with Gasteiger partial charge < -0.3 is 15.4 Å². The standard InChI is InChI=1S/C20H17FN4O3/c1-28-20(27)14-3-2-4-16(12-14)22-17-9-10-18(25-24-17)23-19(26)11-13-5-7-15(21)8-6-13/h2-10,12H,11H2,1H3,(H,22,24)(H,23,25,26). The van der Waals surface area contributed by atoms with Gasteiger partial charge in [0.15, 0.2) is 11.6 Å². The summed E-state index contributed by atoms with van der Waals surface area (Å²) in [4.78, 5) is 23.6. The molecule has 1 aromatic heterocycles. The number of rotatable bonds is 6. The summed E-state index contributed by atoms with van der Waals surface area (Å²) in [5.41, 5.74) is 1.74. The molecule has 3 rings (SSSR count). The number of methoxy groups -OCH3 is 1. The lowest BCUT2D eigenvalue weighted by Gasteiger charge is -2.08. The van der Waals surface area contributed by atoms with Gasteiger partial charge in [-0.15, -0.1) is 10.2 Å². The third-order valence-corrected chi connectivity index (χ3v) is 3.77. The highest BCUT2D eigenvalue weighted by Gasteiger charge is 2.08. The Balaban J connectivity index is 1.59. The van der Waals surface area contributed by atoms with E-state index in [4.69, 9.17) is 0 Å². The molecule has 0 atom stereocenters. The molecule has 0 bridgehead atoms. The van der Waals surface area contributed by atoms with Crippen LogP contribution in [0.3, 0.4) is 0 Å². The molecule has 0 radical (unpaired) electrons. The van der Waals surface area contributed by atoms with Crippen LogP contribution in [0, 0.1) is 5.82 Å². The van der Waals surface area contributed by atoms with Gasteiger partial charge in [-0.1, -0.05) is 18.2 Å². The lowest BCUT2D eigenvalue weighted by molar-refractivity contribution is -0.115. The molecule has 7 nitrogen and oxygen atoms in total. The molecule has 2 aromatic carbocycles. The van der Waals surface area contributed by atoms with Crippen LogP contribution in [-0.4, -0.2) is 29.2 Å². The van der Waals surface area contributed by atoms with Crippen LogP contribution in [0.15, 0.2) is 60.7 Å². The summed E-state index contributed by atoms with van der Waals surface area (Å²) in [6.45, 7) is 0. The van der Waals surface area contributed by atoms with Crippen LogP contribution in [0.4, 0.5) is 21.7 Å². The van der Waals surface area contributed by atoms with E-state index in [1.54, 1.807) is 48.5 Å². The Hall–Kier alpha value is -3.81. The fourth-order valence-corrected chi connectivity index (χ4v) is 2.43. The number of carbonyl (C=O) groups is 2. The van der Waals surface area contributed by atoms with Gasteiger partial charge in [0.25, 0.3) is 0 Å². The number of nitrogens with one attached hydrogen (secondary N) is 2. The average Bonchev–Trinajstić information content (AvgIpc) is 2.71. The molecule has 0 saturated carbocycles. The van der Waals surface area contributed by atoms with Crippen molar-refractivity contribution < 1.29 is 18.7 Å². The van der Waals surface area contributed by atoms with E-state index in [0.717, 1.165) is 0 Å². The van der Waals surface area contributed by atoms with Crippen molar-refractivity contribution in [2.45, 2.75) is 6.42 Å². The minimum atomic E-state index is -0.436. The van der Waals surface area contributed by atoms with Crippen LogP contribution >= 0.6 is 0 Å². The van der Waals surface area contributed by atoms with Gasteiger partial charge in [-0.2, -0.15) is 0 Å². The molecule has 1 heterocycles. The van der Waals surface area contributed by atoms with Crippen molar-refractivity contribution in [3.05, 3.63) is 77.6 Å². The normalized spacial score (nSPS) is 10.2. The molecule has 0 fully saturated rings. The van der Waals surface area contributed by atoms with Gasteiger partial charge in [0.05, 0.1) is 19.1 Å². The van der Waals surface area contributed by atoms with Gasteiger partial charge in [-0.05, 0) is 48.0 Å². The van der Waals surface area contributed by atoms with Crippen molar-refractivity contribution in [3.8, 4) is 0 Å². The molecule has 0 aliphatic heterocycles. The van der Waals surface area contributed by atoms with E-state index in [1.165, 1.54) is 19.2 Å². The van der Waals surface area contributed by atoms with Crippen molar-refractivity contribution in [3.63, 3.8) is 0 Å². The number of hydrogen-bond acceptors (Lipinski definition) is 6. The van der Waals surface area contributed by atoms with Crippen molar-refractivity contribution in [1.29, 1.82) is 0 Å². The number of ether oxygens (including phenoxy) is 1. The van der Waals surface area contributed by atoms with Gasteiger partial charge in [0.2, 0.25) is 5.91 Å². The van der Waals surface area contributed by atoms with Crippen LogP contribution in [0.25, 0.3) is 0 Å². The third kappa shape index (κ3) is 5.10. The SMILES string of the molecule is COC(=O)c1cccc(Nc2ccc(NC(=O)Cc3ccc(F)cc3)nn2)c1. The summed E-state index contributed by atoms with van der Waals surface area (Å²) in [6, 6.07) is 15.7. The first-order valence-electron chi connectivity index (χ1n) is 8.37. The lowest BCUT2D eigenvalue weighted by Crippen LogP contribution is -2.15. The number of hydrogen-bond donors (Lipinski definition) is 2. The summed E-state index contributed by atoms with van der Waals surface area (Å²) in [5, 5.41) is 13.6. The zero-order chi connectivity index (χ0) is 19.9. The maximum absolute atomic E-state index is 12.9. The highest BCUT2D eigenvalue weighted by Crippen LogP contribution is 2.17. The first-order chi connectivity index (χ1) is 13.5. The molecule has 142 valence electrons. The van der Waals surface area contributed by atoms with E-state index in [0.29, 0.717) is 28.5 Å². The average molecular weight is 380 g/mol. The highest BCUT2D eigenvalue weighted by atomic mass is 19.1. The van der Waals surface area contributed by atoms with Crippen LogP contribution in [0.1, 0.15) is 15.9 Å². The second-order valence-corrected chi connectivity index (χ2v) is 5.85. The van der Waals surface area contributed by atoms with Crippen molar-refractivity contribution >= 4 is 29.2 Å². The van der Waals surface area contributed by atoms with E-state index in [1.807, 2.05) is 0 Å². The predicted octanol–water partition coefficient (Wildman–Crippen LogP) is 3.33. The van der Waals surface area contributed by atoms with E-state index in [2.05, 4.69) is 25.6 Å². The summed E-state index contributed by atoms with van der Waals surface area (Å²) >= 11 is 0. The summed E-state index contributed by atoms with van der Waals surface area (Å²) in [6.07, 6.45) is 0.0995. The maximum Gasteiger partial charge on any atom is 0.337 e. The second-order valence-electron chi connectivity index (χ2n) is 5.85. The Morgan fingerprint density at radius 1 is 1.00 bits per heavy atom. The largest absolute Gasteiger partial charge is 0.465 e. The number of nitrogens with zero attached hydrogens (tertiary/aromatic N) is 2. The molecule has 0 aliphatic rings. The van der Waals surface area contributed by atoms with Gasteiger partial charge in [-0.25, -0.2) is 9.18 Å². The number of carbonyl (C=O) groups excluding carboxylic acids is 2. The summed E-state index contributed by atoms with van der Waals surface area (Å²) < 4.78 is 17.6. The molecule has 0 aliphatic carbocycles. The van der Waals surface area contributed by atoms with E-state index >= 15 is 0 Å². The minimum Gasteiger partial charge on any atom is -0.465 e. The smallest absolute Gasteiger partial charge is 0.337 e. The zero-order valence-corrected chi connectivity index (χ0v) is 15.0. The number of benzene rings is 2. The minimum absolute atomic E-state index is 0.0995. The Labute approximate surface area is 160 Å². The Bertz CT molecular complexity index is 976. The van der Waals surface area contributed by atoms with Gasteiger partial charge >= 0.3 is 5.97 Å². The molecule has 0 unspecified atom stereocenters. The van der Waals surface area contributed by atoms with Crippen molar-refractivity contribution in [2.24, 2.45) is 0 Å². The van der Waals surface area contributed by atoms with Crippen molar-refractivity contribution in [1.82, 2.24) is 10.2 Å². The van der Waals surface area contributed by atoms with Crippen LogP contribution in [0.5, 0.6) is 0 Å². The molecule has 0 spiro atoms. The molecule has 3 aromatic rings. The molecule has 8 heteroatoms. The number of anilines is 3. The second kappa shape index (κ2) is 8.72. The summed E-state index contributed by atoms with van der Waals surface area (Å²) in [5.74, 6) is -0.337. The molecule has 0 saturated heterocycles. The number of amides is 1. The molecular formula is C20H17FN4O3. The van der Waals surface area contributed by atoms with Gasteiger partial charge in [0.1, 0.15) is 5.82 Å². The van der Waals surface area contributed by atoms with Crippen LogP contribution < -0.4 is 10.6 Å². The first-order valence-corrected chi connectivity index (χ1v) is 8.37. The number of esters is 1. The molecule has 1 amide bonds. The molecule has 2 N–H and O–H groups in total. The number of halogens is 1. The predicted molar refractivity (Wildman–Crippen MR) is 102 cm³/mol. The first kappa shape index (κ1) is 19.0. The zero-order valence-electron chi connectivity index (χ0n) is 15.0. The monoisotopic (exact) mass is 380 g/mol. The van der Waals surface area contributed by atoms with Gasteiger partial charge in [0, 0.05) is 5.69 Å². The van der Waals surface area contributed by atoms with E-state index < -0.39 is 5.97 Å². The van der Waals surface area contributed by atoms with Crippen LogP contribution in [-0.2, 0) is 16.0 Å². The molecule has 28 heavy (non-hydrogen) atoms. The summed E-state index contributed by atoms with van der Waals surface area (Å²) in [7, 11) is 1.32. The Morgan fingerprint density at radius 3 is 2.39 bits per heavy atom. The Kier molecular flexibility index (Phi) is 5.91. The third-order valence-electron chi connectivity index (χ3n) is 3.77. The maximum atomic E-state index is 12.9. The quantitative estimate of drug-likeness (QED) is 0.637. The van der Waals surface area contributed by atoms with Crippen molar-refractivity contribution in [2.75, 3.05) is 17.7 Å². The fraction of sp³-hybridized carbons (Fsp3) is 0.100. The van der Waals surface area contributed by atoms with Gasteiger partial charge in [-0.3, -0.25) is 4.79 Å². The van der Waals surface area contributed by atoms with Crippen LogP contribution in [0.2, 0.25) is 0 Å². The van der Waals surface area contributed by atoms with E-state index in [-0.39, 0.29) is 18.1 Å². The van der Waals surface area contributed by atoms with E-state index in [9.17, 15) is 14.0 Å². The fourth-order valence-electron chi connectivity index (χ4n) is 2.43. The lowest BCUT2D eigenvalue weighted by atomic mass is 10.1. The number of aromatic nitrogens is 2.